The molecule has 0 unspecified atom stereocenters. The van der Waals surface area contributed by atoms with Gasteiger partial charge >= 0.3 is 11.9 Å². The van der Waals surface area contributed by atoms with Crippen LogP contribution < -0.4 is 4.72 Å². The van der Waals surface area contributed by atoms with E-state index in [1.165, 1.54) is 12.1 Å². The largest absolute Gasteiger partial charge is 0.480 e. The first kappa shape index (κ1) is 24.5. The van der Waals surface area contributed by atoms with Gasteiger partial charge in [0, 0.05) is 25.5 Å². The van der Waals surface area contributed by atoms with Crippen molar-refractivity contribution in [3.63, 3.8) is 0 Å². The fourth-order valence-electron chi connectivity index (χ4n) is 4.13. The molecule has 0 amide bonds. The van der Waals surface area contributed by atoms with Gasteiger partial charge in [0.15, 0.2) is 0 Å². The molecule has 0 radical (unpaired) electrons. The van der Waals surface area contributed by atoms with Crippen LogP contribution in [-0.2, 0) is 27.2 Å². The van der Waals surface area contributed by atoms with Crippen molar-refractivity contribution in [2.24, 2.45) is 5.92 Å². The monoisotopic (exact) mass is 512 g/mol. The molecule has 182 valence electrons. The van der Waals surface area contributed by atoms with E-state index in [4.69, 9.17) is 5.11 Å². The Labute approximate surface area is 198 Å². The predicted octanol–water partition coefficient (Wildman–Crippen LogP) is 3.58. The number of carboxylic acids is 1. The molecule has 2 aromatic heterocycles. The van der Waals surface area contributed by atoms with Crippen molar-refractivity contribution in [1.82, 2.24) is 9.88 Å². The smallest absolute Gasteiger partial charge is 0.325 e. The number of thiophene rings is 1. The Bertz CT molecular complexity index is 1310. The van der Waals surface area contributed by atoms with Crippen molar-refractivity contribution in [1.29, 1.82) is 0 Å². The topological polar surface area (TPSA) is 130 Å². The highest BCUT2D eigenvalue weighted by Crippen LogP contribution is 2.58. The quantitative estimate of drug-likeness (QED) is 0.400. The molecule has 2 heterocycles. The number of hydrogen-bond acceptors (Lipinski definition) is 7. The number of benzene rings is 1. The normalized spacial score (nSPS) is 22.6. The van der Waals surface area contributed by atoms with Gasteiger partial charge < -0.3 is 14.7 Å². The molecule has 1 aliphatic rings. The van der Waals surface area contributed by atoms with Gasteiger partial charge in [-0.1, -0.05) is 36.3 Å². The number of aliphatic hydroxyl groups is 1. The van der Waals surface area contributed by atoms with E-state index in [2.05, 4.69) is 14.4 Å². The summed E-state index contributed by atoms with van der Waals surface area (Å²) in [5.41, 5.74) is -0.130. The number of aromatic nitrogens is 1. The summed E-state index contributed by atoms with van der Waals surface area (Å²) in [6.45, 7) is 2.30. The van der Waals surface area contributed by atoms with Crippen LogP contribution in [0.25, 0.3) is 10.6 Å². The van der Waals surface area contributed by atoms with Crippen molar-refractivity contribution in [2.75, 3.05) is 6.61 Å². The Morgan fingerprint density at radius 3 is 2.50 bits per heavy atom. The van der Waals surface area contributed by atoms with Gasteiger partial charge in [-0.05, 0) is 35.6 Å². The number of carbonyl (C=O) groups is 1. The van der Waals surface area contributed by atoms with Crippen molar-refractivity contribution < 1.29 is 36.7 Å². The first-order valence-corrected chi connectivity index (χ1v) is 12.6. The number of sulfonamides is 1. The van der Waals surface area contributed by atoms with Gasteiger partial charge in [0.1, 0.15) is 15.4 Å². The summed E-state index contributed by atoms with van der Waals surface area (Å²) in [6, 6.07) is 10.7. The molecule has 0 bridgehead atoms. The summed E-state index contributed by atoms with van der Waals surface area (Å²) in [6.07, 6.45) is 0.459. The Hall–Kier alpha value is -2.67. The zero-order valence-corrected chi connectivity index (χ0v) is 19.8. The third-order valence-electron chi connectivity index (χ3n) is 6.04. The zero-order valence-electron chi connectivity index (χ0n) is 18.2. The molecule has 1 aliphatic carbocycles. The Morgan fingerprint density at radius 1 is 1.26 bits per heavy atom. The first-order chi connectivity index (χ1) is 15.9. The molecule has 3 aromatic rings. The highest BCUT2D eigenvalue weighted by atomic mass is 32.2. The van der Waals surface area contributed by atoms with Gasteiger partial charge in [-0.15, -0.1) is 11.3 Å². The first-order valence-electron chi connectivity index (χ1n) is 10.3. The second-order valence-electron chi connectivity index (χ2n) is 8.34. The SMILES string of the molecule is C[C@@H]1[C@@H](c2ccc(CCO)cc2)[C@@]1(NS(=O)(=O)c1ccc(-c2cc(C(C)(F)F)on2)s1)C(=O)O. The van der Waals surface area contributed by atoms with Gasteiger partial charge in [0.05, 0.1) is 4.88 Å². The molecule has 0 saturated heterocycles. The lowest BCUT2D eigenvalue weighted by Gasteiger charge is -2.15. The van der Waals surface area contributed by atoms with E-state index in [9.17, 15) is 27.1 Å². The van der Waals surface area contributed by atoms with Gasteiger partial charge in [-0.3, -0.25) is 4.79 Å². The molecular formula is C22H22F2N2O6S2. The van der Waals surface area contributed by atoms with E-state index in [-0.39, 0.29) is 21.4 Å². The minimum atomic E-state index is -4.25. The number of rotatable bonds is 9. The van der Waals surface area contributed by atoms with Crippen LogP contribution in [0.5, 0.6) is 0 Å². The van der Waals surface area contributed by atoms with Crippen LogP contribution in [0.15, 0.2) is 51.2 Å². The third kappa shape index (κ3) is 4.26. The molecule has 34 heavy (non-hydrogen) atoms. The molecular weight excluding hydrogens is 490 g/mol. The van der Waals surface area contributed by atoms with Gasteiger partial charge in [-0.25, -0.2) is 8.42 Å². The van der Waals surface area contributed by atoms with Gasteiger partial charge in [0.2, 0.25) is 5.76 Å². The summed E-state index contributed by atoms with van der Waals surface area (Å²) in [4.78, 5) is 12.5. The standard InChI is InChI=1S/C22H22F2N2O6S2/c1-12-19(14-5-3-13(4-6-14)9-10-27)22(12,20(28)29)26-34(30,31)18-8-7-16(33-18)15-11-17(32-25-15)21(2,23)24/h3-8,11-12,19,26-27H,9-10H2,1-2H3,(H,28,29)/t12-,19+,22-/m1/s1. The van der Waals surface area contributed by atoms with Crippen LogP contribution in [0.1, 0.15) is 36.7 Å². The van der Waals surface area contributed by atoms with Crippen molar-refractivity contribution in [3.05, 3.63) is 59.4 Å². The molecule has 0 aliphatic heterocycles. The van der Waals surface area contributed by atoms with Crippen LogP contribution in [0.3, 0.4) is 0 Å². The summed E-state index contributed by atoms with van der Waals surface area (Å²) in [5.74, 6) is -6.29. The maximum absolute atomic E-state index is 13.4. The minimum absolute atomic E-state index is 0.0165. The van der Waals surface area contributed by atoms with Gasteiger partial charge in [-0.2, -0.15) is 13.5 Å². The Kier molecular flexibility index (Phi) is 6.13. The number of halogens is 2. The minimum Gasteiger partial charge on any atom is -0.480 e. The maximum atomic E-state index is 13.4. The molecule has 1 saturated carbocycles. The average molecular weight is 513 g/mol. The molecule has 4 rings (SSSR count). The molecule has 3 N–H and O–H groups in total. The molecule has 12 heteroatoms. The number of aliphatic hydroxyl groups excluding tert-OH is 1. The molecule has 3 atom stereocenters. The number of aliphatic carboxylic acids is 1. The van der Waals surface area contributed by atoms with E-state index in [0.29, 0.717) is 18.9 Å². The van der Waals surface area contributed by atoms with E-state index >= 15 is 0 Å². The molecule has 1 fully saturated rings. The van der Waals surface area contributed by atoms with Crippen LogP contribution in [-0.4, -0.2) is 41.9 Å². The lowest BCUT2D eigenvalue weighted by atomic mass is 10.0. The van der Waals surface area contributed by atoms with Gasteiger partial charge in [0.25, 0.3) is 10.0 Å². The zero-order chi connectivity index (χ0) is 24.9. The summed E-state index contributed by atoms with van der Waals surface area (Å²) in [7, 11) is -4.25. The Morgan fingerprint density at radius 2 is 1.94 bits per heavy atom. The number of hydrogen-bond donors (Lipinski definition) is 3. The second-order valence-corrected chi connectivity index (χ2v) is 11.3. The third-order valence-corrected chi connectivity index (χ3v) is 9.12. The highest BCUT2D eigenvalue weighted by molar-refractivity contribution is 7.91. The number of carboxylic acid groups (broad SMARTS) is 1. The van der Waals surface area contributed by atoms with Crippen molar-refractivity contribution >= 4 is 27.3 Å². The number of alkyl halides is 2. The average Bonchev–Trinajstić information content (AvgIpc) is 3.21. The van der Waals surface area contributed by atoms with E-state index in [1.807, 2.05) is 0 Å². The summed E-state index contributed by atoms with van der Waals surface area (Å²) < 4.78 is 59.9. The van der Waals surface area contributed by atoms with E-state index in [0.717, 1.165) is 23.0 Å². The molecule has 8 nitrogen and oxygen atoms in total. The van der Waals surface area contributed by atoms with Crippen LogP contribution >= 0.6 is 11.3 Å². The van der Waals surface area contributed by atoms with Crippen molar-refractivity contribution in [3.8, 4) is 10.6 Å². The van der Waals surface area contributed by atoms with Crippen molar-refractivity contribution in [2.45, 2.75) is 41.9 Å². The predicted molar refractivity (Wildman–Crippen MR) is 119 cm³/mol. The lowest BCUT2D eigenvalue weighted by Crippen LogP contribution is -2.45. The summed E-state index contributed by atoms with van der Waals surface area (Å²) in [5, 5.41) is 22.6. The van der Waals surface area contributed by atoms with E-state index < -0.39 is 45.1 Å². The summed E-state index contributed by atoms with van der Waals surface area (Å²) >= 11 is 0.768. The Balaban J connectivity index is 1.59. The number of nitrogens with zero attached hydrogens (tertiary/aromatic N) is 1. The van der Waals surface area contributed by atoms with Crippen LogP contribution in [0.2, 0.25) is 0 Å². The van der Waals surface area contributed by atoms with Crippen LogP contribution in [0.4, 0.5) is 8.78 Å². The molecule has 0 spiro atoms. The highest BCUT2D eigenvalue weighted by Gasteiger charge is 2.70. The fraction of sp³-hybridized carbons (Fsp3) is 0.364. The fourth-order valence-corrected chi connectivity index (χ4v) is 6.85. The van der Waals surface area contributed by atoms with Crippen LogP contribution in [0, 0.1) is 5.92 Å². The molecule has 1 aromatic carbocycles. The maximum Gasteiger partial charge on any atom is 0.325 e. The van der Waals surface area contributed by atoms with E-state index in [1.54, 1.807) is 31.2 Å². The number of nitrogens with one attached hydrogen (secondary N) is 1. The lowest BCUT2D eigenvalue weighted by molar-refractivity contribution is -0.140. The second kappa shape index (κ2) is 8.52.